The number of nitrogens with one attached hydrogen (secondary N) is 1. The third-order valence-electron chi connectivity index (χ3n) is 4.46. The number of fused-ring (bicyclic) bond motifs is 2. The highest BCUT2D eigenvalue weighted by Crippen LogP contribution is 2.45. The Morgan fingerprint density at radius 1 is 1.47 bits per heavy atom. The molecule has 0 saturated carbocycles. The molecular weight excluding hydrogens is 306 g/mol. The van der Waals surface area contributed by atoms with Crippen molar-refractivity contribution in [2.75, 3.05) is 7.05 Å². The molecule has 0 aromatic carbocycles. The van der Waals surface area contributed by atoms with Gasteiger partial charge in [-0.3, -0.25) is 4.68 Å². The largest absolute Gasteiger partial charge is 0.375 e. The molecule has 0 aliphatic carbocycles. The molecule has 1 aromatic rings. The molecule has 1 aromatic heterocycles. The molecule has 2 aliphatic heterocycles. The van der Waals surface area contributed by atoms with Crippen LogP contribution < -0.4 is 5.32 Å². The predicted molar refractivity (Wildman–Crippen MR) is 78.1 cm³/mol. The Morgan fingerprint density at radius 3 is 2.79 bits per heavy atom. The molecule has 4 atom stereocenters. The zero-order chi connectivity index (χ0) is 13.6. The maximum absolute atomic E-state index is 6.02. The van der Waals surface area contributed by atoms with Crippen LogP contribution in [-0.2, 0) is 4.74 Å². The Kier molecular flexibility index (Phi) is 3.71. The first-order valence-electron chi connectivity index (χ1n) is 7.17. The van der Waals surface area contributed by atoms with E-state index in [2.05, 4.69) is 44.9 Å². The van der Waals surface area contributed by atoms with Crippen LogP contribution in [0.1, 0.15) is 50.9 Å². The Labute approximate surface area is 123 Å². The minimum Gasteiger partial charge on any atom is -0.375 e. The van der Waals surface area contributed by atoms with Crippen molar-refractivity contribution in [3.05, 3.63) is 16.4 Å². The van der Waals surface area contributed by atoms with Crippen molar-refractivity contribution < 1.29 is 4.74 Å². The summed E-state index contributed by atoms with van der Waals surface area (Å²) in [6.45, 7) is 4.35. The van der Waals surface area contributed by atoms with Gasteiger partial charge in [-0.1, -0.05) is 0 Å². The highest BCUT2D eigenvalue weighted by atomic mass is 79.9. The Balaban J connectivity index is 1.92. The molecule has 19 heavy (non-hydrogen) atoms. The van der Waals surface area contributed by atoms with Gasteiger partial charge in [-0.25, -0.2) is 0 Å². The molecule has 4 nitrogen and oxygen atoms in total. The van der Waals surface area contributed by atoms with E-state index in [1.54, 1.807) is 0 Å². The second-order valence-electron chi connectivity index (χ2n) is 5.96. The van der Waals surface area contributed by atoms with Crippen molar-refractivity contribution in [3.8, 4) is 0 Å². The smallest absolute Gasteiger partial charge is 0.0702 e. The van der Waals surface area contributed by atoms with Gasteiger partial charge < -0.3 is 10.1 Å². The first kappa shape index (κ1) is 13.6. The SMILES string of the molecule is CNC(c1c(Br)cnn1C(C)C)C1CC2CCC1O2. The number of hydrogen-bond acceptors (Lipinski definition) is 3. The van der Waals surface area contributed by atoms with Gasteiger partial charge in [0.1, 0.15) is 0 Å². The highest BCUT2D eigenvalue weighted by molar-refractivity contribution is 9.10. The van der Waals surface area contributed by atoms with Gasteiger partial charge in [0.2, 0.25) is 0 Å². The van der Waals surface area contributed by atoms with Gasteiger partial charge in [-0.2, -0.15) is 5.10 Å². The second kappa shape index (κ2) is 5.19. The molecule has 106 valence electrons. The van der Waals surface area contributed by atoms with Crippen molar-refractivity contribution in [2.45, 2.75) is 57.4 Å². The van der Waals surface area contributed by atoms with E-state index in [1.807, 2.05) is 13.2 Å². The Hall–Kier alpha value is -0.390. The lowest BCUT2D eigenvalue weighted by atomic mass is 9.82. The molecule has 0 radical (unpaired) electrons. The van der Waals surface area contributed by atoms with Crippen LogP contribution in [0, 0.1) is 5.92 Å². The molecule has 3 heterocycles. The number of ether oxygens (including phenoxy) is 1. The third-order valence-corrected chi connectivity index (χ3v) is 5.07. The van der Waals surface area contributed by atoms with Crippen molar-refractivity contribution in [2.24, 2.45) is 5.92 Å². The van der Waals surface area contributed by atoms with E-state index in [9.17, 15) is 0 Å². The number of aromatic nitrogens is 2. The predicted octanol–water partition coefficient (Wildman–Crippen LogP) is 3.05. The summed E-state index contributed by atoms with van der Waals surface area (Å²) in [5.41, 5.74) is 1.26. The van der Waals surface area contributed by atoms with Crippen LogP contribution in [0.15, 0.2) is 10.7 Å². The zero-order valence-electron chi connectivity index (χ0n) is 11.8. The van der Waals surface area contributed by atoms with Gasteiger partial charge in [0.05, 0.1) is 34.6 Å². The molecule has 3 rings (SSSR count). The van der Waals surface area contributed by atoms with Crippen LogP contribution >= 0.6 is 15.9 Å². The van der Waals surface area contributed by atoms with Gasteiger partial charge in [-0.15, -0.1) is 0 Å². The average Bonchev–Trinajstić information content (AvgIpc) is 3.06. The van der Waals surface area contributed by atoms with Crippen LogP contribution in [0.5, 0.6) is 0 Å². The summed E-state index contributed by atoms with van der Waals surface area (Å²) in [4.78, 5) is 0. The van der Waals surface area contributed by atoms with Crippen LogP contribution in [-0.4, -0.2) is 29.0 Å². The monoisotopic (exact) mass is 327 g/mol. The lowest BCUT2D eigenvalue weighted by Crippen LogP contribution is -2.34. The Bertz CT molecular complexity index is 460. The fourth-order valence-electron chi connectivity index (χ4n) is 3.63. The lowest BCUT2D eigenvalue weighted by Gasteiger charge is -2.29. The molecule has 2 bridgehead atoms. The summed E-state index contributed by atoms with van der Waals surface area (Å²) < 4.78 is 9.24. The van der Waals surface area contributed by atoms with Crippen molar-refractivity contribution in [1.82, 2.24) is 15.1 Å². The number of hydrogen-bond donors (Lipinski definition) is 1. The summed E-state index contributed by atoms with van der Waals surface area (Å²) in [5, 5.41) is 8.00. The normalized spacial score (nSPS) is 31.3. The quantitative estimate of drug-likeness (QED) is 0.923. The lowest BCUT2D eigenvalue weighted by molar-refractivity contribution is 0.0854. The summed E-state index contributed by atoms with van der Waals surface area (Å²) >= 11 is 3.66. The number of nitrogens with zero attached hydrogens (tertiary/aromatic N) is 2. The molecule has 0 spiro atoms. The minimum absolute atomic E-state index is 0.314. The third kappa shape index (κ3) is 2.26. The molecule has 2 aliphatic rings. The fraction of sp³-hybridized carbons (Fsp3) is 0.786. The average molecular weight is 328 g/mol. The summed E-state index contributed by atoms with van der Waals surface area (Å²) in [5.74, 6) is 0.564. The Morgan fingerprint density at radius 2 is 2.26 bits per heavy atom. The van der Waals surface area contributed by atoms with Gasteiger partial charge in [-0.05, 0) is 56.1 Å². The molecule has 5 heteroatoms. The van der Waals surface area contributed by atoms with Gasteiger partial charge in [0, 0.05) is 12.0 Å². The minimum atomic E-state index is 0.314. The first-order chi connectivity index (χ1) is 9.11. The molecular formula is C14H22BrN3O. The topological polar surface area (TPSA) is 39.1 Å². The zero-order valence-corrected chi connectivity index (χ0v) is 13.4. The van der Waals surface area contributed by atoms with E-state index in [4.69, 9.17) is 4.74 Å². The van der Waals surface area contributed by atoms with Gasteiger partial charge in [0.15, 0.2) is 0 Å². The number of rotatable bonds is 4. The number of halogens is 1. The fourth-order valence-corrected chi connectivity index (χ4v) is 4.15. The van der Waals surface area contributed by atoms with E-state index in [0.29, 0.717) is 30.2 Å². The van der Waals surface area contributed by atoms with Crippen molar-refractivity contribution in [3.63, 3.8) is 0 Å². The standard InChI is InChI=1S/C14H22BrN3O/c1-8(2)18-14(11(15)7-17-18)13(16-3)10-6-9-4-5-12(10)19-9/h7-10,12-13,16H,4-6H2,1-3H3. The molecule has 2 fully saturated rings. The summed E-state index contributed by atoms with van der Waals surface area (Å²) in [7, 11) is 2.04. The van der Waals surface area contributed by atoms with Crippen LogP contribution in [0.2, 0.25) is 0 Å². The van der Waals surface area contributed by atoms with Crippen LogP contribution in [0.25, 0.3) is 0 Å². The first-order valence-corrected chi connectivity index (χ1v) is 7.96. The van der Waals surface area contributed by atoms with Crippen molar-refractivity contribution >= 4 is 15.9 Å². The van der Waals surface area contributed by atoms with Crippen LogP contribution in [0.3, 0.4) is 0 Å². The second-order valence-corrected chi connectivity index (χ2v) is 6.81. The summed E-state index contributed by atoms with van der Waals surface area (Å²) in [6.07, 6.45) is 6.44. The molecule has 2 saturated heterocycles. The van der Waals surface area contributed by atoms with Crippen molar-refractivity contribution in [1.29, 1.82) is 0 Å². The van der Waals surface area contributed by atoms with Crippen LogP contribution in [0.4, 0.5) is 0 Å². The van der Waals surface area contributed by atoms with E-state index >= 15 is 0 Å². The highest BCUT2D eigenvalue weighted by Gasteiger charge is 2.45. The molecule has 4 unspecified atom stereocenters. The van der Waals surface area contributed by atoms with E-state index < -0.39 is 0 Å². The molecule has 0 amide bonds. The van der Waals surface area contributed by atoms with Gasteiger partial charge in [0.25, 0.3) is 0 Å². The maximum Gasteiger partial charge on any atom is 0.0702 e. The van der Waals surface area contributed by atoms with Gasteiger partial charge >= 0.3 is 0 Å². The maximum atomic E-state index is 6.02. The van der Waals surface area contributed by atoms with E-state index in [-0.39, 0.29) is 0 Å². The van der Waals surface area contributed by atoms with E-state index in [0.717, 1.165) is 4.47 Å². The molecule has 1 N–H and O–H groups in total. The summed E-state index contributed by atoms with van der Waals surface area (Å²) in [6, 6.07) is 0.686. The van der Waals surface area contributed by atoms with E-state index in [1.165, 1.54) is 25.0 Å².